The number of carbonyl (C=O) groups excluding carboxylic acids is 1. The number of carboxylic acids is 1. The fourth-order valence-corrected chi connectivity index (χ4v) is 2.79. The molecule has 1 heterocycles. The number of aromatic nitrogens is 1. The van der Waals surface area contributed by atoms with Gasteiger partial charge in [-0.3, -0.25) is 4.79 Å². The highest BCUT2D eigenvalue weighted by Crippen LogP contribution is 2.34. The topological polar surface area (TPSA) is 112 Å². The Bertz CT molecular complexity index is 1180. The largest absolute Gasteiger partial charge is 0.506 e. The molecule has 2 aromatic carbocycles. The van der Waals surface area contributed by atoms with Crippen LogP contribution in [0, 0.1) is 11.8 Å². The molecule has 31 heavy (non-hydrogen) atoms. The molecule has 0 aliphatic rings. The Morgan fingerprint density at radius 2 is 1.71 bits per heavy atom. The first kappa shape index (κ1) is 21.6. The second-order valence-electron chi connectivity index (χ2n) is 6.72. The maximum absolute atomic E-state index is 12.2. The standard InChI is InChI=1S/C24H21N3O4/c1-15(25-2)23(29)27-21-14-12-17(18-9-6-10-19(22(18)28)24(30)31)20(26-21)13-11-16-7-4-3-5-8-16/h3-10,12,14-15,25,28H,1-2H3,(H,30,31)(H,26,27,29). The number of hydrogen-bond acceptors (Lipinski definition) is 5. The van der Waals surface area contributed by atoms with Crippen molar-refractivity contribution in [2.45, 2.75) is 13.0 Å². The number of anilines is 1. The number of phenols is 1. The first-order valence-electron chi connectivity index (χ1n) is 9.52. The number of likely N-dealkylation sites (N-methyl/N-ethyl adjacent to an activating group) is 1. The number of aromatic hydroxyl groups is 1. The van der Waals surface area contributed by atoms with E-state index in [9.17, 15) is 19.8 Å². The van der Waals surface area contributed by atoms with E-state index in [-0.39, 0.29) is 28.5 Å². The quantitative estimate of drug-likeness (QED) is 0.477. The Labute approximate surface area is 179 Å². The summed E-state index contributed by atoms with van der Waals surface area (Å²) < 4.78 is 0. The summed E-state index contributed by atoms with van der Waals surface area (Å²) >= 11 is 0. The summed E-state index contributed by atoms with van der Waals surface area (Å²) in [5.74, 6) is 4.39. The number of rotatable bonds is 5. The van der Waals surface area contributed by atoms with E-state index in [4.69, 9.17) is 0 Å². The van der Waals surface area contributed by atoms with Gasteiger partial charge < -0.3 is 20.8 Å². The lowest BCUT2D eigenvalue weighted by Gasteiger charge is -2.13. The maximum atomic E-state index is 12.2. The maximum Gasteiger partial charge on any atom is 0.339 e. The van der Waals surface area contributed by atoms with Gasteiger partial charge in [0.05, 0.1) is 6.04 Å². The van der Waals surface area contributed by atoms with Gasteiger partial charge in [0.1, 0.15) is 22.8 Å². The van der Waals surface area contributed by atoms with Crippen LogP contribution in [0.3, 0.4) is 0 Å². The molecule has 0 aliphatic heterocycles. The van der Waals surface area contributed by atoms with Crippen molar-refractivity contribution in [1.82, 2.24) is 10.3 Å². The summed E-state index contributed by atoms with van der Waals surface area (Å²) in [6.07, 6.45) is 0. The number of amides is 1. The van der Waals surface area contributed by atoms with Crippen LogP contribution in [-0.4, -0.2) is 40.2 Å². The summed E-state index contributed by atoms with van der Waals surface area (Å²) in [4.78, 5) is 28.1. The van der Waals surface area contributed by atoms with E-state index in [0.717, 1.165) is 5.56 Å². The molecule has 0 spiro atoms. The summed E-state index contributed by atoms with van der Waals surface area (Å²) in [6.45, 7) is 1.72. The minimum Gasteiger partial charge on any atom is -0.506 e. The van der Waals surface area contributed by atoms with Crippen molar-refractivity contribution in [3.05, 3.63) is 77.5 Å². The third-order valence-corrected chi connectivity index (χ3v) is 4.63. The van der Waals surface area contributed by atoms with Crippen LogP contribution in [0.2, 0.25) is 0 Å². The van der Waals surface area contributed by atoms with E-state index in [2.05, 4.69) is 27.5 Å². The molecule has 7 nitrogen and oxygen atoms in total. The minimum atomic E-state index is -1.24. The smallest absolute Gasteiger partial charge is 0.339 e. The van der Waals surface area contributed by atoms with Gasteiger partial charge in [-0.05, 0) is 50.2 Å². The molecule has 0 saturated carbocycles. The summed E-state index contributed by atoms with van der Waals surface area (Å²) in [6, 6.07) is 16.5. The number of aromatic carboxylic acids is 1. The van der Waals surface area contributed by atoms with Crippen molar-refractivity contribution in [2.75, 3.05) is 12.4 Å². The average molecular weight is 415 g/mol. The highest BCUT2D eigenvalue weighted by molar-refractivity contribution is 5.95. The molecule has 1 aromatic heterocycles. The average Bonchev–Trinajstić information content (AvgIpc) is 2.78. The third-order valence-electron chi connectivity index (χ3n) is 4.63. The zero-order valence-electron chi connectivity index (χ0n) is 17.0. The van der Waals surface area contributed by atoms with E-state index < -0.39 is 12.0 Å². The summed E-state index contributed by atoms with van der Waals surface area (Å²) in [5, 5.41) is 25.4. The van der Waals surface area contributed by atoms with Gasteiger partial charge in [-0.15, -0.1) is 0 Å². The van der Waals surface area contributed by atoms with E-state index in [1.807, 2.05) is 30.3 Å². The number of carboxylic acid groups (broad SMARTS) is 1. The molecular formula is C24H21N3O4. The molecule has 0 aliphatic carbocycles. The lowest BCUT2D eigenvalue weighted by atomic mass is 9.99. The highest BCUT2D eigenvalue weighted by atomic mass is 16.4. The van der Waals surface area contributed by atoms with Gasteiger partial charge in [-0.25, -0.2) is 9.78 Å². The first-order valence-corrected chi connectivity index (χ1v) is 9.52. The molecule has 1 amide bonds. The Balaban J connectivity index is 2.11. The van der Waals surface area contributed by atoms with Crippen LogP contribution < -0.4 is 10.6 Å². The minimum absolute atomic E-state index is 0.223. The van der Waals surface area contributed by atoms with E-state index in [1.165, 1.54) is 12.1 Å². The summed E-state index contributed by atoms with van der Waals surface area (Å²) in [5.41, 5.74) is 1.56. The number of carbonyl (C=O) groups is 2. The number of pyridine rings is 1. The van der Waals surface area contributed by atoms with Crippen LogP contribution in [0.25, 0.3) is 11.1 Å². The van der Waals surface area contributed by atoms with Crippen LogP contribution in [0.5, 0.6) is 5.75 Å². The molecule has 0 radical (unpaired) electrons. The number of benzene rings is 2. The fraction of sp³-hybridized carbons (Fsp3) is 0.125. The summed E-state index contributed by atoms with van der Waals surface area (Å²) in [7, 11) is 1.68. The van der Waals surface area contributed by atoms with E-state index in [1.54, 1.807) is 32.2 Å². The second kappa shape index (κ2) is 9.57. The van der Waals surface area contributed by atoms with Crippen LogP contribution in [0.1, 0.15) is 28.5 Å². The third kappa shape index (κ3) is 5.07. The van der Waals surface area contributed by atoms with E-state index in [0.29, 0.717) is 11.4 Å². The predicted octanol–water partition coefficient (Wildman–Crippen LogP) is 3.10. The lowest BCUT2D eigenvalue weighted by Crippen LogP contribution is -2.35. The van der Waals surface area contributed by atoms with Crippen molar-refractivity contribution < 1.29 is 19.8 Å². The second-order valence-corrected chi connectivity index (χ2v) is 6.72. The molecule has 0 saturated heterocycles. The van der Waals surface area contributed by atoms with Crippen molar-refractivity contribution >= 4 is 17.7 Å². The SMILES string of the molecule is CNC(C)C(=O)Nc1ccc(-c2cccc(C(=O)O)c2O)c(C#Cc2ccccc2)n1. The highest BCUT2D eigenvalue weighted by Gasteiger charge is 2.18. The number of nitrogens with zero attached hydrogens (tertiary/aromatic N) is 1. The van der Waals surface area contributed by atoms with Crippen molar-refractivity contribution in [3.8, 4) is 28.7 Å². The van der Waals surface area contributed by atoms with Crippen molar-refractivity contribution in [1.29, 1.82) is 0 Å². The van der Waals surface area contributed by atoms with Gasteiger partial charge in [0.15, 0.2) is 0 Å². The zero-order chi connectivity index (χ0) is 22.4. The van der Waals surface area contributed by atoms with Crippen LogP contribution in [0.15, 0.2) is 60.7 Å². The molecule has 156 valence electrons. The number of hydrogen-bond donors (Lipinski definition) is 4. The van der Waals surface area contributed by atoms with Crippen molar-refractivity contribution in [2.24, 2.45) is 0 Å². The molecule has 1 unspecified atom stereocenters. The molecule has 3 aromatic rings. The Morgan fingerprint density at radius 1 is 0.968 bits per heavy atom. The first-order chi connectivity index (χ1) is 14.9. The van der Waals surface area contributed by atoms with Crippen LogP contribution in [0.4, 0.5) is 5.82 Å². The van der Waals surface area contributed by atoms with E-state index >= 15 is 0 Å². The normalized spacial score (nSPS) is 11.2. The van der Waals surface area contributed by atoms with Crippen LogP contribution >= 0.6 is 0 Å². The molecule has 0 bridgehead atoms. The van der Waals surface area contributed by atoms with Crippen LogP contribution in [-0.2, 0) is 4.79 Å². The Hall–Kier alpha value is -4.15. The molecule has 3 rings (SSSR count). The van der Waals surface area contributed by atoms with Crippen molar-refractivity contribution in [3.63, 3.8) is 0 Å². The van der Waals surface area contributed by atoms with Gasteiger partial charge in [-0.2, -0.15) is 0 Å². The van der Waals surface area contributed by atoms with Gasteiger partial charge in [0, 0.05) is 16.7 Å². The Morgan fingerprint density at radius 3 is 2.39 bits per heavy atom. The Kier molecular flexibility index (Phi) is 6.65. The molecule has 7 heteroatoms. The van der Waals surface area contributed by atoms with Gasteiger partial charge >= 0.3 is 5.97 Å². The number of nitrogens with one attached hydrogen (secondary N) is 2. The lowest BCUT2D eigenvalue weighted by molar-refractivity contribution is -0.117. The predicted molar refractivity (Wildman–Crippen MR) is 118 cm³/mol. The number of para-hydroxylation sites is 1. The monoisotopic (exact) mass is 415 g/mol. The van der Waals surface area contributed by atoms with Gasteiger partial charge in [-0.1, -0.05) is 36.3 Å². The molecule has 4 N–H and O–H groups in total. The van der Waals surface area contributed by atoms with Gasteiger partial charge in [0.25, 0.3) is 0 Å². The molecule has 1 atom stereocenters. The molecular weight excluding hydrogens is 394 g/mol. The van der Waals surface area contributed by atoms with Gasteiger partial charge in [0.2, 0.25) is 5.91 Å². The zero-order valence-corrected chi connectivity index (χ0v) is 17.0. The molecule has 0 fully saturated rings. The fourth-order valence-electron chi connectivity index (χ4n) is 2.79.